The number of benzene rings is 1. The van der Waals surface area contributed by atoms with E-state index in [1.54, 1.807) is 0 Å². The van der Waals surface area contributed by atoms with Gasteiger partial charge in [0, 0.05) is 30.8 Å². The van der Waals surface area contributed by atoms with Crippen molar-refractivity contribution in [1.82, 2.24) is 5.32 Å². The lowest BCUT2D eigenvalue weighted by atomic mass is 10.0. The number of halogens is 1. The highest BCUT2D eigenvalue weighted by atomic mass is 19.1. The van der Waals surface area contributed by atoms with Crippen molar-refractivity contribution in [2.75, 3.05) is 33.0 Å². The molecule has 2 aliphatic rings. The number of fused-ring (bicyclic) bond motifs is 1. The molecule has 1 aromatic carbocycles. The van der Waals surface area contributed by atoms with Crippen LogP contribution < -0.4 is 10.1 Å². The molecular weight excluding hydrogens is 285 g/mol. The SMILES string of the molecule is Fc1ccc2c(c1)OCCC[C@@H]2NCCOC[C@H]1CCCO1. The molecule has 0 bridgehead atoms. The maximum Gasteiger partial charge on any atom is 0.126 e. The molecule has 1 saturated heterocycles. The number of nitrogens with one attached hydrogen (secondary N) is 1. The number of ether oxygens (including phenoxy) is 3. The Labute approximate surface area is 130 Å². The third-order valence-electron chi connectivity index (χ3n) is 4.21. The van der Waals surface area contributed by atoms with Crippen LogP contribution in [-0.2, 0) is 9.47 Å². The fourth-order valence-corrected chi connectivity index (χ4v) is 3.05. The Kier molecular flexibility index (Phi) is 5.64. The molecule has 0 radical (unpaired) electrons. The molecule has 5 heteroatoms. The Balaban J connectivity index is 1.45. The van der Waals surface area contributed by atoms with Crippen LogP contribution in [-0.4, -0.2) is 39.1 Å². The summed E-state index contributed by atoms with van der Waals surface area (Å²) in [5.74, 6) is 0.412. The van der Waals surface area contributed by atoms with Crippen LogP contribution in [0, 0.1) is 5.82 Å². The van der Waals surface area contributed by atoms with Gasteiger partial charge in [-0.15, -0.1) is 0 Å². The normalized spacial score (nSPS) is 24.6. The number of hydrogen-bond acceptors (Lipinski definition) is 4. The maximum absolute atomic E-state index is 13.3. The molecule has 0 spiro atoms. The van der Waals surface area contributed by atoms with Crippen LogP contribution in [0.4, 0.5) is 4.39 Å². The molecule has 2 aliphatic heterocycles. The summed E-state index contributed by atoms with van der Waals surface area (Å²) in [4.78, 5) is 0. The minimum atomic E-state index is -0.251. The van der Waals surface area contributed by atoms with Gasteiger partial charge in [0.05, 0.1) is 25.9 Å². The van der Waals surface area contributed by atoms with Gasteiger partial charge in [0.15, 0.2) is 0 Å². The van der Waals surface area contributed by atoms with E-state index in [-0.39, 0.29) is 18.0 Å². The highest BCUT2D eigenvalue weighted by Gasteiger charge is 2.20. The van der Waals surface area contributed by atoms with E-state index in [4.69, 9.17) is 14.2 Å². The van der Waals surface area contributed by atoms with Gasteiger partial charge in [-0.2, -0.15) is 0 Å². The summed E-state index contributed by atoms with van der Waals surface area (Å²) in [6.45, 7) is 3.62. The standard InChI is InChI=1S/C17H24FNO3/c18-13-5-6-15-16(4-2-9-22-17(15)11-13)19-7-10-20-12-14-3-1-8-21-14/h5-6,11,14,16,19H,1-4,7-10,12H2/t14-,16+/m1/s1. The summed E-state index contributed by atoms with van der Waals surface area (Å²) >= 11 is 0. The van der Waals surface area contributed by atoms with Gasteiger partial charge in [0.25, 0.3) is 0 Å². The van der Waals surface area contributed by atoms with Crippen LogP contribution in [0.3, 0.4) is 0 Å². The summed E-state index contributed by atoms with van der Waals surface area (Å²) in [5, 5.41) is 3.49. The minimum absolute atomic E-state index is 0.199. The molecule has 0 amide bonds. The lowest BCUT2D eigenvalue weighted by molar-refractivity contribution is 0.0178. The number of hydrogen-bond donors (Lipinski definition) is 1. The van der Waals surface area contributed by atoms with Crippen molar-refractivity contribution in [3.63, 3.8) is 0 Å². The lowest BCUT2D eigenvalue weighted by Gasteiger charge is -2.19. The zero-order valence-electron chi connectivity index (χ0n) is 12.9. The van der Waals surface area contributed by atoms with Crippen molar-refractivity contribution in [3.8, 4) is 5.75 Å². The van der Waals surface area contributed by atoms with E-state index in [1.807, 2.05) is 6.07 Å². The molecule has 122 valence electrons. The molecule has 2 atom stereocenters. The van der Waals surface area contributed by atoms with Crippen LogP contribution in [0.15, 0.2) is 18.2 Å². The smallest absolute Gasteiger partial charge is 0.126 e. The first-order valence-corrected chi connectivity index (χ1v) is 8.18. The average molecular weight is 309 g/mol. The topological polar surface area (TPSA) is 39.7 Å². The first-order valence-electron chi connectivity index (χ1n) is 8.18. The zero-order valence-corrected chi connectivity index (χ0v) is 12.9. The first-order chi connectivity index (χ1) is 10.8. The molecule has 22 heavy (non-hydrogen) atoms. The maximum atomic E-state index is 13.3. The van der Waals surface area contributed by atoms with Crippen LogP contribution in [0.2, 0.25) is 0 Å². The second-order valence-electron chi connectivity index (χ2n) is 5.89. The van der Waals surface area contributed by atoms with Gasteiger partial charge in [0.2, 0.25) is 0 Å². The molecule has 4 nitrogen and oxygen atoms in total. The van der Waals surface area contributed by atoms with Crippen LogP contribution in [0.25, 0.3) is 0 Å². The predicted molar refractivity (Wildman–Crippen MR) is 81.7 cm³/mol. The zero-order chi connectivity index (χ0) is 15.2. The van der Waals surface area contributed by atoms with Crippen molar-refractivity contribution in [3.05, 3.63) is 29.6 Å². The van der Waals surface area contributed by atoms with E-state index in [1.165, 1.54) is 12.1 Å². The molecule has 3 rings (SSSR count). The van der Waals surface area contributed by atoms with Crippen molar-refractivity contribution < 1.29 is 18.6 Å². The molecule has 1 aromatic rings. The average Bonchev–Trinajstić information content (AvgIpc) is 2.95. The lowest BCUT2D eigenvalue weighted by Crippen LogP contribution is -2.26. The third-order valence-corrected chi connectivity index (χ3v) is 4.21. The molecule has 0 unspecified atom stereocenters. The molecule has 1 N–H and O–H groups in total. The first kappa shape index (κ1) is 15.7. The molecular formula is C17H24FNO3. The molecule has 0 aliphatic carbocycles. The minimum Gasteiger partial charge on any atom is -0.493 e. The molecule has 2 heterocycles. The highest BCUT2D eigenvalue weighted by Crippen LogP contribution is 2.31. The summed E-state index contributed by atoms with van der Waals surface area (Å²) in [6.07, 6.45) is 4.47. The fraction of sp³-hybridized carbons (Fsp3) is 0.647. The van der Waals surface area contributed by atoms with Crippen LogP contribution >= 0.6 is 0 Å². The molecule has 1 fully saturated rings. The Hall–Kier alpha value is -1.17. The van der Waals surface area contributed by atoms with Gasteiger partial charge in [-0.05, 0) is 31.7 Å². The molecule has 0 aromatic heterocycles. The van der Waals surface area contributed by atoms with Gasteiger partial charge < -0.3 is 19.5 Å². The second kappa shape index (κ2) is 7.90. The van der Waals surface area contributed by atoms with Gasteiger partial charge >= 0.3 is 0 Å². The Morgan fingerprint density at radius 2 is 2.14 bits per heavy atom. The quantitative estimate of drug-likeness (QED) is 0.820. The van der Waals surface area contributed by atoms with Crippen molar-refractivity contribution in [2.45, 2.75) is 37.8 Å². The molecule has 0 saturated carbocycles. The van der Waals surface area contributed by atoms with Gasteiger partial charge in [-0.1, -0.05) is 6.07 Å². The van der Waals surface area contributed by atoms with E-state index >= 15 is 0 Å². The van der Waals surface area contributed by atoms with Gasteiger partial charge in [-0.25, -0.2) is 4.39 Å². The van der Waals surface area contributed by atoms with E-state index in [0.717, 1.165) is 44.4 Å². The third kappa shape index (κ3) is 4.18. The van der Waals surface area contributed by atoms with Crippen LogP contribution in [0.5, 0.6) is 5.75 Å². The van der Waals surface area contributed by atoms with E-state index in [2.05, 4.69) is 5.32 Å². The van der Waals surface area contributed by atoms with Crippen LogP contribution in [0.1, 0.15) is 37.3 Å². The summed E-state index contributed by atoms with van der Waals surface area (Å²) in [6, 6.07) is 4.99. The second-order valence-corrected chi connectivity index (χ2v) is 5.89. The number of rotatable bonds is 6. The van der Waals surface area contributed by atoms with Crippen molar-refractivity contribution in [2.24, 2.45) is 0 Å². The Morgan fingerprint density at radius 3 is 3.00 bits per heavy atom. The van der Waals surface area contributed by atoms with E-state index in [0.29, 0.717) is 25.6 Å². The van der Waals surface area contributed by atoms with Crippen molar-refractivity contribution >= 4 is 0 Å². The van der Waals surface area contributed by atoms with Gasteiger partial charge in [0.1, 0.15) is 11.6 Å². The predicted octanol–water partition coefficient (Wildman–Crippen LogP) is 2.82. The van der Waals surface area contributed by atoms with E-state index in [9.17, 15) is 4.39 Å². The largest absolute Gasteiger partial charge is 0.493 e. The summed E-state index contributed by atoms with van der Waals surface area (Å²) in [5.41, 5.74) is 1.04. The van der Waals surface area contributed by atoms with E-state index < -0.39 is 0 Å². The fourth-order valence-electron chi connectivity index (χ4n) is 3.05. The van der Waals surface area contributed by atoms with Gasteiger partial charge in [-0.3, -0.25) is 0 Å². The summed E-state index contributed by atoms with van der Waals surface area (Å²) in [7, 11) is 0. The Morgan fingerprint density at radius 1 is 1.23 bits per heavy atom. The highest BCUT2D eigenvalue weighted by molar-refractivity contribution is 5.37. The summed E-state index contributed by atoms with van der Waals surface area (Å²) < 4.78 is 30.1. The van der Waals surface area contributed by atoms with Crippen molar-refractivity contribution in [1.29, 1.82) is 0 Å². The Bertz CT molecular complexity index is 477. The monoisotopic (exact) mass is 309 g/mol.